The summed E-state index contributed by atoms with van der Waals surface area (Å²) >= 11 is 0. The maximum absolute atomic E-state index is 12.5. The number of aliphatic carboxylic acids is 1. The van der Waals surface area contributed by atoms with Crippen LogP contribution in [0.5, 0.6) is 0 Å². The second-order valence-electron chi connectivity index (χ2n) is 7.84. The van der Waals surface area contributed by atoms with Crippen molar-refractivity contribution in [2.24, 2.45) is 11.8 Å². The van der Waals surface area contributed by atoms with Gasteiger partial charge in [0.1, 0.15) is 0 Å². The minimum Gasteiger partial charge on any atom is -0.481 e. The highest BCUT2D eigenvalue weighted by Gasteiger charge is 2.31. The molecule has 2 heterocycles. The lowest BCUT2D eigenvalue weighted by Gasteiger charge is -2.31. The van der Waals surface area contributed by atoms with E-state index in [2.05, 4.69) is 5.32 Å². The summed E-state index contributed by atoms with van der Waals surface area (Å²) in [4.78, 5) is 39.5. The van der Waals surface area contributed by atoms with E-state index >= 15 is 0 Å². The Hall–Kier alpha value is -2.57. The summed E-state index contributed by atoms with van der Waals surface area (Å²) in [7, 11) is 0. The van der Waals surface area contributed by atoms with Crippen molar-refractivity contribution in [1.29, 1.82) is 0 Å². The quantitative estimate of drug-likeness (QED) is 0.851. The highest BCUT2D eigenvalue weighted by atomic mass is 16.4. The molecule has 7 nitrogen and oxygen atoms in total. The Bertz CT molecular complexity index is 774. The van der Waals surface area contributed by atoms with E-state index in [0.29, 0.717) is 43.8 Å². The fourth-order valence-electron chi connectivity index (χ4n) is 3.96. The van der Waals surface area contributed by atoms with Crippen molar-refractivity contribution in [3.05, 3.63) is 23.8 Å². The monoisotopic (exact) mass is 371 g/mol. The average Bonchev–Trinajstić information content (AvgIpc) is 3.48. The van der Waals surface area contributed by atoms with Gasteiger partial charge in [-0.15, -0.1) is 0 Å². The number of fused-ring (bicyclic) bond motifs is 1. The third-order valence-electron chi connectivity index (χ3n) is 5.73. The van der Waals surface area contributed by atoms with Crippen molar-refractivity contribution in [2.75, 3.05) is 29.9 Å². The molecule has 27 heavy (non-hydrogen) atoms. The van der Waals surface area contributed by atoms with Crippen molar-refractivity contribution in [2.45, 2.75) is 38.5 Å². The number of piperidine rings is 1. The number of nitrogens with zero attached hydrogens (tertiary/aromatic N) is 2. The first-order chi connectivity index (χ1) is 13.0. The number of amides is 3. The van der Waals surface area contributed by atoms with Crippen LogP contribution in [0.1, 0.15) is 37.7 Å². The van der Waals surface area contributed by atoms with Gasteiger partial charge in [0.2, 0.25) is 5.91 Å². The van der Waals surface area contributed by atoms with Crippen LogP contribution in [0.2, 0.25) is 0 Å². The van der Waals surface area contributed by atoms with Crippen LogP contribution in [-0.2, 0) is 16.0 Å². The number of urea groups is 1. The molecule has 3 amide bonds. The van der Waals surface area contributed by atoms with Crippen LogP contribution < -0.4 is 10.2 Å². The summed E-state index contributed by atoms with van der Waals surface area (Å²) in [5.74, 6) is -0.531. The van der Waals surface area contributed by atoms with Crippen LogP contribution >= 0.6 is 0 Å². The van der Waals surface area contributed by atoms with Crippen molar-refractivity contribution >= 4 is 29.3 Å². The summed E-state index contributed by atoms with van der Waals surface area (Å²) in [6, 6.07) is 5.43. The minimum atomic E-state index is -0.846. The Morgan fingerprint density at radius 1 is 1.19 bits per heavy atom. The zero-order valence-electron chi connectivity index (χ0n) is 15.3. The smallest absolute Gasteiger partial charge is 0.321 e. The minimum absolute atomic E-state index is 0.180. The fraction of sp³-hybridized carbons (Fsp3) is 0.550. The van der Waals surface area contributed by atoms with E-state index < -0.39 is 11.9 Å². The van der Waals surface area contributed by atoms with Gasteiger partial charge >= 0.3 is 12.0 Å². The molecule has 2 aliphatic heterocycles. The first-order valence-corrected chi connectivity index (χ1v) is 9.73. The Labute approximate surface area is 158 Å². The number of carboxylic acid groups (broad SMARTS) is 1. The molecule has 1 aromatic carbocycles. The molecule has 0 radical (unpaired) electrons. The average molecular weight is 371 g/mol. The molecular formula is C20H25N3O4. The van der Waals surface area contributed by atoms with E-state index in [1.54, 1.807) is 4.90 Å². The Balaban J connectivity index is 1.45. The van der Waals surface area contributed by atoms with E-state index in [4.69, 9.17) is 0 Å². The molecule has 4 rings (SSSR count). The molecule has 144 valence electrons. The number of carbonyl (C=O) groups excluding carboxylic acids is 2. The van der Waals surface area contributed by atoms with Crippen LogP contribution in [0.25, 0.3) is 0 Å². The van der Waals surface area contributed by atoms with Gasteiger partial charge < -0.3 is 20.2 Å². The summed E-state index contributed by atoms with van der Waals surface area (Å²) < 4.78 is 0. The van der Waals surface area contributed by atoms with Gasteiger partial charge in [-0.1, -0.05) is 0 Å². The van der Waals surface area contributed by atoms with Gasteiger partial charge in [-0.05, 0) is 61.8 Å². The molecule has 1 atom stereocenters. The highest BCUT2D eigenvalue weighted by molar-refractivity contribution is 5.97. The lowest BCUT2D eigenvalue weighted by molar-refractivity contribution is -0.143. The van der Waals surface area contributed by atoms with E-state index in [0.717, 1.165) is 17.8 Å². The third-order valence-corrected chi connectivity index (χ3v) is 5.73. The van der Waals surface area contributed by atoms with Crippen molar-refractivity contribution < 1.29 is 19.5 Å². The maximum Gasteiger partial charge on any atom is 0.321 e. The van der Waals surface area contributed by atoms with E-state index in [1.165, 1.54) is 12.8 Å². The van der Waals surface area contributed by atoms with Gasteiger partial charge in [0.05, 0.1) is 5.92 Å². The predicted octanol–water partition coefficient (Wildman–Crippen LogP) is 2.70. The molecule has 2 N–H and O–H groups in total. The normalized spacial score (nSPS) is 22.4. The standard InChI is InChI=1S/C20H25N3O4/c24-18-8-5-14-10-16(6-7-17(14)23(18)11-13-3-4-13)21-20(27)22-9-1-2-15(12-22)19(25)26/h6-7,10,13,15H,1-5,8-9,11-12H2,(H,21,27)(H,25,26). The van der Waals surface area contributed by atoms with E-state index in [-0.39, 0.29) is 18.5 Å². The zero-order chi connectivity index (χ0) is 19.0. The molecule has 0 spiro atoms. The topological polar surface area (TPSA) is 90.0 Å². The number of hydrogen-bond donors (Lipinski definition) is 2. The zero-order valence-corrected chi connectivity index (χ0v) is 15.3. The SMILES string of the molecule is O=C(O)C1CCCN(C(=O)Nc2ccc3c(c2)CCC(=O)N3CC2CC2)C1. The molecule has 1 aliphatic carbocycles. The van der Waals surface area contributed by atoms with Crippen molar-refractivity contribution in [1.82, 2.24) is 4.90 Å². The molecular weight excluding hydrogens is 346 g/mol. The predicted molar refractivity (Wildman–Crippen MR) is 101 cm³/mol. The molecule has 1 unspecified atom stereocenters. The number of benzene rings is 1. The van der Waals surface area contributed by atoms with Crippen LogP contribution in [-0.4, -0.2) is 47.5 Å². The molecule has 1 aromatic rings. The Morgan fingerprint density at radius 2 is 2.00 bits per heavy atom. The third kappa shape index (κ3) is 3.91. The number of likely N-dealkylation sites (tertiary alicyclic amines) is 1. The van der Waals surface area contributed by atoms with Gasteiger partial charge in [-0.3, -0.25) is 9.59 Å². The lowest BCUT2D eigenvalue weighted by Crippen LogP contribution is -2.44. The number of rotatable bonds is 4. The van der Waals surface area contributed by atoms with E-state index in [9.17, 15) is 19.5 Å². The lowest BCUT2D eigenvalue weighted by atomic mass is 9.98. The molecule has 1 saturated carbocycles. The first-order valence-electron chi connectivity index (χ1n) is 9.73. The largest absolute Gasteiger partial charge is 0.481 e. The van der Waals surface area contributed by atoms with Gasteiger partial charge in [-0.25, -0.2) is 4.79 Å². The van der Waals surface area contributed by atoms with Gasteiger partial charge in [0, 0.05) is 37.4 Å². The molecule has 3 aliphatic rings. The summed E-state index contributed by atoms with van der Waals surface area (Å²) in [6.45, 7) is 1.61. The van der Waals surface area contributed by atoms with Gasteiger partial charge in [0.15, 0.2) is 0 Å². The second kappa shape index (κ2) is 7.21. The van der Waals surface area contributed by atoms with E-state index in [1.807, 2.05) is 23.1 Å². The molecule has 0 bridgehead atoms. The number of carboxylic acids is 1. The Morgan fingerprint density at radius 3 is 2.74 bits per heavy atom. The number of aryl methyl sites for hydroxylation is 1. The highest BCUT2D eigenvalue weighted by Crippen LogP contribution is 2.36. The number of carbonyl (C=O) groups is 3. The number of anilines is 2. The van der Waals surface area contributed by atoms with Crippen LogP contribution in [0.4, 0.5) is 16.2 Å². The first kappa shape index (κ1) is 17.8. The summed E-state index contributed by atoms with van der Waals surface area (Å²) in [5.41, 5.74) is 2.73. The fourth-order valence-corrected chi connectivity index (χ4v) is 3.96. The van der Waals surface area contributed by atoms with Crippen LogP contribution in [0, 0.1) is 11.8 Å². The maximum atomic E-state index is 12.5. The summed E-state index contributed by atoms with van der Waals surface area (Å²) in [6.07, 6.45) is 4.89. The van der Waals surface area contributed by atoms with Crippen LogP contribution in [0.3, 0.4) is 0 Å². The van der Waals surface area contributed by atoms with Gasteiger partial charge in [-0.2, -0.15) is 0 Å². The number of hydrogen-bond acceptors (Lipinski definition) is 3. The Kier molecular flexibility index (Phi) is 4.76. The molecule has 0 aromatic heterocycles. The number of nitrogens with one attached hydrogen (secondary N) is 1. The molecule has 7 heteroatoms. The summed E-state index contributed by atoms with van der Waals surface area (Å²) in [5, 5.41) is 12.1. The van der Waals surface area contributed by atoms with Gasteiger partial charge in [0.25, 0.3) is 0 Å². The second-order valence-corrected chi connectivity index (χ2v) is 7.84. The van der Waals surface area contributed by atoms with Crippen molar-refractivity contribution in [3.63, 3.8) is 0 Å². The molecule has 1 saturated heterocycles. The van der Waals surface area contributed by atoms with Crippen LogP contribution in [0.15, 0.2) is 18.2 Å². The molecule has 2 fully saturated rings. The van der Waals surface area contributed by atoms with Crippen molar-refractivity contribution in [3.8, 4) is 0 Å².